The molecule has 0 bridgehead atoms. The van der Waals surface area contributed by atoms with Crippen molar-refractivity contribution in [2.24, 2.45) is 0 Å². The van der Waals surface area contributed by atoms with E-state index in [-0.39, 0.29) is 25.6 Å². The van der Waals surface area contributed by atoms with Crippen molar-refractivity contribution in [3.8, 4) is 5.75 Å². The fourth-order valence-electron chi connectivity index (χ4n) is 3.24. The van der Waals surface area contributed by atoms with Crippen LogP contribution in [0.2, 0.25) is 0 Å². The molecule has 3 rings (SSSR count). The van der Waals surface area contributed by atoms with Crippen molar-refractivity contribution in [1.29, 1.82) is 0 Å². The number of methoxy groups -OCH3 is 1. The van der Waals surface area contributed by atoms with Crippen LogP contribution < -0.4 is 20.3 Å². The summed E-state index contributed by atoms with van der Waals surface area (Å²) in [5.41, 5.74) is 3.38. The summed E-state index contributed by atoms with van der Waals surface area (Å²) in [5.74, 6) is 0.134. The largest absolute Gasteiger partial charge is 0.497 e. The molecule has 0 aromatic heterocycles. The highest BCUT2D eigenvalue weighted by atomic mass is 16.5. The Balaban J connectivity index is 1.62. The second-order valence-corrected chi connectivity index (χ2v) is 6.74. The van der Waals surface area contributed by atoms with Crippen LogP contribution in [0.4, 0.5) is 10.5 Å². The molecule has 2 aromatic carbocycles. The highest BCUT2D eigenvalue weighted by Gasteiger charge is 2.26. The van der Waals surface area contributed by atoms with Gasteiger partial charge in [-0.25, -0.2) is 4.79 Å². The topological polar surface area (TPSA) is 97.0 Å². The van der Waals surface area contributed by atoms with Crippen LogP contribution in [0.15, 0.2) is 42.5 Å². The van der Waals surface area contributed by atoms with Crippen LogP contribution in [0.25, 0.3) is 0 Å². The van der Waals surface area contributed by atoms with Gasteiger partial charge in [0.1, 0.15) is 12.3 Å². The summed E-state index contributed by atoms with van der Waals surface area (Å²) in [5, 5.41) is 5.15. The average Bonchev–Trinajstić information content (AvgIpc) is 3.19. The first kappa shape index (κ1) is 21.2. The van der Waals surface area contributed by atoms with Crippen molar-refractivity contribution in [1.82, 2.24) is 10.6 Å². The Labute approximate surface area is 175 Å². The number of hydrogen-bond acceptors (Lipinski definition) is 5. The minimum Gasteiger partial charge on any atom is -0.497 e. The molecule has 0 fully saturated rings. The monoisotopic (exact) mass is 411 g/mol. The molecule has 0 spiro atoms. The predicted molar refractivity (Wildman–Crippen MR) is 112 cm³/mol. The van der Waals surface area contributed by atoms with Gasteiger partial charge in [-0.15, -0.1) is 0 Å². The van der Waals surface area contributed by atoms with E-state index in [4.69, 9.17) is 9.47 Å². The minimum absolute atomic E-state index is 0.0753. The molecule has 1 aliphatic rings. The summed E-state index contributed by atoms with van der Waals surface area (Å²) in [7, 11) is 1.58. The van der Waals surface area contributed by atoms with Gasteiger partial charge < -0.3 is 25.0 Å². The molecule has 1 heterocycles. The third-order valence-electron chi connectivity index (χ3n) is 4.78. The molecule has 8 heteroatoms. The lowest BCUT2D eigenvalue weighted by Crippen LogP contribution is -2.38. The lowest BCUT2D eigenvalue weighted by atomic mass is 10.1. The Morgan fingerprint density at radius 1 is 1.07 bits per heavy atom. The van der Waals surface area contributed by atoms with Gasteiger partial charge in [0.25, 0.3) is 5.91 Å². The molecular weight excluding hydrogens is 386 g/mol. The second-order valence-electron chi connectivity index (χ2n) is 6.74. The summed E-state index contributed by atoms with van der Waals surface area (Å²) in [6.07, 6.45) is 0.783. The molecule has 2 N–H and O–H groups in total. The third kappa shape index (κ3) is 5.08. The molecular formula is C22H25N3O5. The van der Waals surface area contributed by atoms with Crippen LogP contribution in [-0.4, -0.2) is 44.7 Å². The number of ether oxygens (including phenoxy) is 2. The zero-order valence-electron chi connectivity index (χ0n) is 17.1. The van der Waals surface area contributed by atoms with Crippen LogP contribution in [-0.2, 0) is 22.5 Å². The summed E-state index contributed by atoms with van der Waals surface area (Å²) in [6, 6.07) is 12.4. The van der Waals surface area contributed by atoms with Crippen molar-refractivity contribution in [2.45, 2.75) is 19.9 Å². The second kappa shape index (κ2) is 9.78. The van der Waals surface area contributed by atoms with Gasteiger partial charge in [-0.1, -0.05) is 12.1 Å². The van der Waals surface area contributed by atoms with Gasteiger partial charge in [-0.3, -0.25) is 9.59 Å². The van der Waals surface area contributed by atoms with E-state index in [1.54, 1.807) is 43.2 Å². The van der Waals surface area contributed by atoms with E-state index in [0.29, 0.717) is 17.9 Å². The molecule has 0 radical (unpaired) electrons. The van der Waals surface area contributed by atoms with E-state index >= 15 is 0 Å². The smallest absolute Gasteiger partial charge is 0.325 e. The zero-order chi connectivity index (χ0) is 21.5. The lowest BCUT2D eigenvalue weighted by Gasteiger charge is -2.18. The molecule has 0 atom stereocenters. The lowest BCUT2D eigenvalue weighted by molar-refractivity contribution is -0.141. The predicted octanol–water partition coefficient (Wildman–Crippen LogP) is 2.26. The van der Waals surface area contributed by atoms with Crippen LogP contribution in [0.3, 0.4) is 0 Å². The molecule has 30 heavy (non-hydrogen) atoms. The molecule has 0 saturated heterocycles. The number of nitrogens with one attached hydrogen (secondary N) is 2. The molecule has 3 amide bonds. The fourth-order valence-corrected chi connectivity index (χ4v) is 3.24. The standard InChI is InChI=1S/C22H25N3O5/c1-3-30-20(26)14-24-22(28)23-13-15-4-5-16-10-11-25(19(16)12-15)21(27)17-6-8-18(29-2)9-7-17/h4-9,12H,3,10-11,13-14H2,1-2H3,(H2,23,24,28). The molecule has 0 aliphatic carbocycles. The van der Waals surface area contributed by atoms with Crippen molar-refractivity contribution < 1.29 is 23.9 Å². The number of benzene rings is 2. The van der Waals surface area contributed by atoms with Crippen LogP contribution >= 0.6 is 0 Å². The van der Waals surface area contributed by atoms with Crippen LogP contribution in [0.1, 0.15) is 28.4 Å². The van der Waals surface area contributed by atoms with Gasteiger partial charge in [0.15, 0.2) is 0 Å². The molecule has 1 aliphatic heterocycles. The number of amides is 3. The highest BCUT2D eigenvalue weighted by Crippen LogP contribution is 2.30. The maximum atomic E-state index is 13.0. The van der Waals surface area contributed by atoms with Crippen molar-refractivity contribution in [3.63, 3.8) is 0 Å². The van der Waals surface area contributed by atoms with E-state index in [2.05, 4.69) is 10.6 Å². The Hall–Kier alpha value is -3.55. The Kier molecular flexibility index (Phi) is 6.90. The van der Waals surface area contributed by atoms with Gasteiger partial charge >= 0.3 is 12.0 Å². The van der Waals surface area contributed by atoms with E-state index in [9.17, 15) is 14.4 Å². The normalized spacial score (nSPS) is 12.1. The Morgan fingerprint density at radius 2 is 1.83 bits per heavy atom. The summed E-state index contributed by atoms with van der Waals surface area (Å²) in [6.45, 7) is 2.66. The van der Waals surface area contributed by atoms with E-state index < -0.39 is 12.0 Å². The first-order valence-corrected chi connectivity index (χ1v) is 9.77. The number of carbonyl (C=O) groups excluding carboxylic acids is 3. The molecule has 158 valence electrons. The van der Waals surface area contributed by atoms with Crippen molar-refractivity contribution in [2.75, 3.05) is 31.7 Å². The Morgan fingerprint density at radius 3 is 2.53 bits per heavy atom. The first-order valence-electron chi connectivity index (χ1n) is 9.77. The number of carbonyl (C=O) groups is 3. The van der Waals surface area contributed by atoms with E-state index in [1.165, 1.54) is 0 Å². The number of fused-ring (bicyclic) bond motifs is 1. The number of esters is 1. The number of nitrogens with zero attached hydrogens (tertiary/aromatic N) is 1. The number of anilines is 1. The Bertz CT molecular complexity index is 927. The summed E-state index contributed by atoms with van der Waals surface area (Å²) in [4.78, 5) is 37.9. The zero-order valence-corrected chi connectivity index (χ0v) is 17.1. The van der Waals surface area contributed by atoms with Crippen molar-refractivity contribution in [3.05, 3.63) is 59.2 Å². The SMILES string of the molecule is CCOC(=O)CNC(=O)NCc1ccc2c(c1)N(C(=O)c1ccc(OC)cc1)CC2. The summed E-state index contributed by atoms with van der Waals surface area (Å²) < 4.78 is 9.91. The first-order chi connectivity index (χ1) is 14.5. The van der Waals surface area contributed by atoms with Gasteiger partial charge in [-0.05, 0) is 54.8 Å². The number of rotatable bonds is 7. The quantitative estimate of drug-likeness (QED) is 0.682. The maximum Gasteiger partial charge on any atom is 0.325 e. The molecule has 0 saturated carbocycles. The van der Waals surface area contributed by atoms with Gasteiger partial charge in [0.2, 0.25) is 0 Å². The van der Waals surface area contributed by atoms with E-state index in [1.807, 2.05) is 18.2 Å². The van der Waals surface area contributed by atoms with Gasteiger partial charge in [0, 0.05) is 24.3 Å². The maximum absolute atomic E-state index is 13.0. The van der Waals surface area contributed by atoms with Gasteiger partial charge in [0.05, 0.1) is 13.7 Å². The number of urea groups is 1. The van der Waals surface area contributed by atoms with Crippen LogP contribution in [0, 0.1) is 0 Å². The molecule has 8 nitrogen and oxygen atoms in total. The van der Waals surface area contributed by atoms with E-state index in [0.717, 1.165) is 23.2 Å². The molecule has 2 aromatic rings. The minimum atomic E-state index is -0.488. The van der Waals surface area contributed by atoms with Crippen molar-refractivity contribution >= 4 is 23.6 Å². The molecule has 0 unspecified atom stereocenters. The summed E-state index contributed by atoms with van der Waals surface area (Å²) >= 11 is 0. The number of hydrogen-bond donors (Lipinski definition) is 2. The fraction of sp³-hybridized carbons (Fsp3) is 0.318. The third-order valence-corrected chi connectivity index (χ3v) is 4.78. The average molecular weight is 411 g/mol. The van der Waals surface area contributed by atoms with Gasteiger partial charge in [-0.2, -0.15) is 0 Å². The highest BCUT2D eigenvalue weighted by molar-refractivity contribution is 6.07. The van der Waals surface area contributed by atoms with Crippen LogP contribution in [0.5, 0.6) is 5.75 Å².